The van der Waals surface area contributed by atoms with E-state index in [9.17, 15) is 27.2 Å². The Kier molecular flexibility index (Phi) is 6.65. The molecule has 1 heterocycles. The number of hydrogen-bond donors (Lipinski definition) is 2. The minimum Gasteiger partial charge on any atom is -0.362 e. The lowest BCUT2D eigenvalue weighted by Gasteiger charge is -2.37. The number of carbonyl (C=O) groups is 2. The van der Waals surface area contributed by atoms with Gasteiger partial charge < -0.3 is 10.6 Å². The van der Waals surface area contributed by atoms with Crippen molar-refractivity contribution < 1.29 is 27.2 Å². The van der Waals surface area contributed by atoms with E-state index < -0.39 is 29.4 Å². The number of alkyl halides is 3. The van der Waals surface area contributed by atoms with Gasteiger partial charge in [-0.2, -0.15) is 13.2 Å². The molecule has 1 aliphatic heterocycles. The highest BCUT2D eigenvalue weighted by molar-refractivity contribution is 6.10. The van der Waals surface area contributed by atoms with Crippen LogP contribution >= 0.6 is 0 Å². The quantitative estimate of drug-likeness (QED) is 0.370. The summed E-state index contributed by atoms with van der Waals surface area (Å²) in [5.74, 6) is -2.36. The van der Waals surface area contributed by atoms with Crippen molar-refractivity contribution in [3.05, 3.63) is 124 Å². The monoisotopic (exact) mass is 520 g/mol. The van der Waals surface area contributed by atoms with Gasteiger partial charge in [0.25, 0.3) is 5.91 Å². The maximum atomic E-state index is 13.8. The molecule has 3 aromatic carbocycles. The van der Waals surface area contributed by atoms with E-state index in [1.54, 1.807) is 6.92 Å². The first kappa shape index (κ1) is 25.4. The molecule has 0 aromatic heterocycles. The fourth-order valence-corrected chi connectivity index (χ4v) is 5.32. The molecule has 8 heteroatoms. The van der Waals surface area contributed by atoms with Crippen molar-refractivity contribution in [1.29, 1.82) is 0 Å². The van der Waals surface area contributed by atoms with Gasteiger partial charge in [0, 0.05) is 34.9 Å². The van der Waals surface area contributed by atoms with Gasteiger partial charge in [-0.1, -0.05) is 54.6 Å². The largest absolute Gasteiger partial charge is 0.418 e. The molecule has 0 saturated heterocycles. The molecule has 0 saturated carbocycles. The fraction of sp³-hybridized carbons (Fsp3) is 0.200. The van der Waals surface area contributed by atoms with Gasteiger partial charge in [0.05, 0.1) is 11.3 Å². The Balaban J connectivity index is 1.57. The van der Waals surface area contributed by atoms with Crippen LogP contribution in [0, 0.1) is 5.82 Å². The number of hydrogen-bond acceptors (Lipinski definition) is 3. The van der Waals surface area contributed by atoms with Crippen LogP contribution in [0.3, 0.4) is 0 Å². The third-order valence-corrected chi connectivity index (χ3v) is 7.03. The number of rotatable bonds is 4. The van der Waals surface area contributed by atoms with E-state index in [1.807, 2.05) is 30.3 Å². The van der Waals surface area contributed by atoms with Gasteiger partial charge in [-0.05, 0) is 54.7 Å². The molecule has 3 aromatic rings. The summed E-state index contributed by atoms with van der Waals surface area (Å²) in [6, 6.07) is 19.8. The van der Waals surface area contributed by atoms with Crippen molar-refractivity contribution in [2.24, 2.45) is 0 Å². The first-order valence-corrected chi connectivity index (χ1v) is 12.2. The highest BCUT2D eigenvalue weighted by Crippen LogP contribution is 2.46. The molecule has 194 valence electrons. The number of anilines is 1. The van der Waals surface area contributed by atoms with Crippen LogP contribution in [0.2, 0.25) is 0 Å². The van der Waals surface area contributed by atoms with Crippen LogP contribution in [0.1, 0.15) is 48.3 Å². The summed E-state index contributed by atoms with van der Waals surface area (Å²) >= 11 is 0. The fourth-order valence-electron chi connectivity index (χ4n) is 5.32. The maximum absolute atomic E-state index is 13.8. The smallest absolute Gasteiger partial charge is 0.362 e. The topological polar surface area (TPSA) is 58.2 Å². The molecule has 4 nitrogen and oxygen atoms in total. The van der Waals surface area contributed by atoms with Gasteiger partial charge in [-0.3, -0.25) is 9.59 Å². The summed E-state index contributed by atoms with van der Waals surface area (Å²) in [7, 11) is 0. The van der Waals surface area contributed by atoms with Gasteiger partial charge in [0.1, 0.15) is 5.82 Å². The minimum atomic E-state index is -4.67. The van der Waals surface area contributed by atoms with E-state index in [2.05, 4.69) is 10.6 Å². The van der Waals surface area contributed by atoms with E-state index in [4.69, 9.17) is 0 Å². The summed E-state index contributed by atoms with van der Waals surface area (Å²) in [5, 5.41) is 5.61. The number of halogens is 4. The Morgan fingerprint density at radius 2 is 1.55 bits per heavy atom. The van der Waals surface area contributed by atoms with Crippen molar-refractivity contribution in [2.75, 3.05) is 5.32 Å². The van der Waals surface area contributed by atoms with Crippen LogP contribution in [0.15, 0.2) is 101 Å². The van der Waals surface area contributed by atoms with E-state index in [1.165, 1.54) is 42.5 Å². The lowest BCUT2D eigenvalue weighted by atomic mass is 9.71. The molecule has 2 N–H and O–H groups in total. The molecule has 38 heavy (non-hydrogen) atoms. The normalized spacial score (nSPS) is 19.7. The third-order valence-electron chi connectivity index (χ3n) is 7.03. The second kappa shape index (κ2) is 9.93. The van der Waals surface area contributed by atoms with Crippen molar-refractivity contribution in [3.8, 4) is 0 Å². The number of benzene rings is 3. The highest BCUT2D eigenvalue weighted by Gasteiger charge is 2.41. The Morgan fingerprint density at radius 1 is 0.895 bits per heavy atom. The number of nitrogens with one attached hydrogen (secondary N) is 2. The molecular weight excluding hydrogens is 496 g/mol. The summed E-state index contributed by atoms with van der Waals surface area (Å²) in [6.45, 7) is 1.65. The van der Waals surface area contributed by atoms with Crippen LogP contribution in [-0.4, -0.2) is 11.7 Å². The molecule has 1 aliphatic carbocycles. The molecule has 2 aliphatic rings. The Bertz CT molecular complexity index is 1460. The number of Topliss-reactive ketones (excluding diaryl/α,β-unsaturated/α-hetero) is 1. The number of ketones is 1. The Morgan fingerprint density at radius 3 is 2.24 bits per heavy atom. The predicted octanol–water partition coefficient (Wildman–Crippen LogP) is 6.84. The average Bonchev–Trinajstić information content (AvgIpc) is 2.88. The molecule has 0 spiro atoms. The molecule has 0 fully saturated rings. The van der Waals surface area contributed by atoms with E-state index >= 15 is 0 Å². The second-order valence-corrected chi connectivity index (χ2v) is 9.48. The van der Waals surface area contributed by atoms with Crippen molar-refractivity contribution in [1.82, 2.24) is 5.32 Å². The first-order chi connectivity index (χ1) is 18.1. The number of allylic oxidation sites excluding steroid dienone is 3. The van der Waals surface area contributed by atoms with E-state index in [0.717, 1.165) is 11.6 Å². The van der Waals surface area contributed by atoms with Crippen molar-refractivity contribution in [3.63, 3.8) is 0 Å². The molecule has 0 radical (unpaired) electrons. The first-order valence-electron chi connectivity index (χ1n) is 12.2. The number of amides is 1. The lowest BCUT2D eigenvalue weighted by molar-refractivity contribution is -0.137. The summed E-state index contributed by atoms with van der Waals surface area (Å²) < 4.78 is 54.5. The molecular formula is C30H24F4N2O2. The molecule has 1 amide bonds. The second-order valence-electron chi connectivity index (χ2n) is 9.48. The van der Waals surface area contributed by atoms with Crippen molar-refractivity contribution in [2.45, 2.75) is 37.8 Å². The highest BCUT2D eigenvalue weighted by atomic mass is 19.4. The zero-order valence-electron chi connectivity index (χ0n) is 20.4. The van der Waals surface area contributed by atoms with Crippen molar-refractivity contribution >= 4 is 17.4 Å². The Hall–Kier alpha value is -4.20. The summed E-state index contributed by atoms with van der Waals surface area (Å²) in [4.78, 5) is 27.2. The number of dihydropyridines is 1. The van der Waals surface area contributed by atoms with Crippen LogP contribution in [0.25, 0.3) is 0 Å². The van der Waals surface area contributed by atoms with E-state index in [-0.39, 0.29) is 29.4 Å². The maximum Gasteiger partial charge on any atom is 0.418 e. The van der Waals surface area contributed by atoms with Gasteiger partial charge in [0.15, 0.2) is 5.78 Å². The molecule has 2 atom stereocenters. The zero-order valence-corrected chi connectivity index (χ0v) is 20.4. The molecule has 0 bridgehead atoms. The third kappa shape index (κ3) is 4.86. The van der Waals surface area contributed by atoms with Crippen LogP contribution in [0.5, 0.6) is 0 Å². The van der Waals surface area contributed by atoms with Gasteiger partial charge >= 0.3 is 6.18 Å². The summed E-state index contributed by atoms with van der Waals surface area (Å²) in [5.41, 5.74) is 1.72. The van der Waals surface area contributed by atoms with Gasteiger partial charge in [-0.25, -0.2) is 4.39 Å². The lowest BCUT2D eigenvalue weighted by Crippen LogP contribution is -2.37. The average molecular weight is 521 g/mol. The zero-order chi connectivity index (χ0) is 27.0. The van der Waals surface area contributed by atoms with Gasteiger partial charge in [-0.15, -0.1) is 0 Å². The SMILES string of the molecule is CC1=C(C(=O)Nc2ccccc2C(F)(F)F)[C@@H](c2ccc(F)cc2)C2=C(C[C@H](c3ccccc3)CC2=O)N1. The van der Waals surface area contributed by atoms with Crippen LogP contribution in [-0.2, 0) is 15.8 Å². The van der Waals surface area contributed by atoms with Crippen LogP contribution < -0.4 is 10.6 Å². The number of carbonyl (C=O) groups excluding carboxylic acids is 2. The van der Waals surface area contributed by atoms with E-state index in [0.29, 0.717) is 29.0 Å². The molecule has 0 unspecified atom stereocenters. The summed E-state index contributed by atoms with van der Waals surface area (Å²) in [6.07, 6.45) is -3.94. The van der Waals surface area contributed by atoms with Gasteiger partial charge in [0.2, 0.25) is 0 Å². The van der Waals surface area contributed by atoms with Crippen LogP contribution in [0.4, 0.5) is 23.2 Å². The standard InChI is InChI=1S/C30H24F4N2O2/c1-17-26(29(38)36-23-10-6-5-9-22(23)30(32,33)34)27(19-11-13-21(31)14-12-19)28-24(35-17)15-20(16-25(28)37)18-7-3-2-4-8-18/h2-14,20,27,35H,15-16H2,1H3,(H,36,38)/t20-,27+/m0/s1. The predicted molar refractivity (Wildman–Crippen MR) is 136 cm³/mol. The Labute approximate surface area is 217 Å². The minimum absolute atomic E-state index is 0.0642. The molecule has 5 rings (SSSR count). The number of para-hydroxylation sites is 1.